The van der Waals surface area contributed by atoms with E-state index in [1.54, 1.807) is 0 Å². The van der Waals surface area contributed by atoms with Gasteiger partial charge in [0.1, 0.15) is 16.6 Å². The van der Waals surface area contributed by atoms with E-state index in [0.717, 1.165) is 37.5 Å². The molecule has 1 fully saturated rings. The van der Waals surface area contributed by atoms with Crippen molar-refractivity contribution in [1.82, 2.24) is 4.37 Å². The first kappa shape index (κ1) is 12.1. The quantitative estimate of drug-likeness (QED) is 0.884. The number of nitriles is 1. The molecule has 1 aromatic heterocycles. The molecule has 1 saturated heterocycles. The average Bonchev–Trinajstić information content (AvgIpc) is 2.72. The van der Waals surface area contributed by atoms with Gasteiger partial charge >= 0.3 is 0 Å². The second-order valence-corrected chi connectivity index (χ2v) is 4.75. The number of nitrogen functional groups attached to an aromatic ring is 1. The molecule has 1 aliphatic rings. The van der Waals surface area contributed by atoms with Crippen molar-refractivity contribution in [2.45, 2.75) is 25.9 Å². The number of nitrogens with zero attached hydrogens (tertiary/aromatic N) is 3. The number of hydrogen-bond donors (Lipinski definition) is 1. The Kier molecular flexibility index (Phi) is 3.82. The van der Waals surface area contributed by atoms with Crippen LogP contribution in [0.3, 0.4) is 0 Å². The molecule has 0 radical (unpaired) electrons. The summed E-state index contributed by atoms with van der Waals surface area (Å²) in [5, 5.41) is 9.94. The number of rotatable bonds is 3. The predicted octanol–water partition coefficient (Wildman–Crippen LogP) is 1.60. The first-order valence-corrected chi connectivity index (χ1v) is 6.55. The Morgan fingerprint density at radius 1 is 1.59 bits per heavy atom. The lowest BCUT2D eigenvalue weighted by Gasteiger charge is -2.32. The first-order valence-electron chi connectivity index (χ1n) is 5.78. The van der Waals surface area contributed by atoms with Gasteiger partial charge in [0.05, 0.1) is 6.10 Å². The van der Waals surface area contributed by atoms with E-state index in [1.807, 2.05) is 6.92 Å². The summed E-state index contributed by atoms with van der Waals surface area (Å²) in [6.45, 7) is 4.59. The van der Waals surface area contributed by atoms with Crippen LogP contribution in [0.4, 0.5) is 10.8 Å². The minimum absolute atomic E-state index is 0.347. The summed E-state index contributed by atoms with van der Waals surface area (Å²) in [5.74, 6) is 0.347. The maximum Gasteiger partial charge on any atom is 0.157 e. The Balaban J connectivity index is 2.03. The van der Waals surface area contributed by atoms with Gasteiger partial charge < -0.3 is 15.4 Å². The van der Waals surface area contributed by atoms with Gasteiger partial charge in [0.15, 0.2) is 5.82 Å². The maximum absolute atomic E-state index is 9.04. The molecule has 0 amide bonds. The minimum atomic E-state index is 0.347. The molecule has 2 N–H and O–H groups in total. The molecule has 2 heterocycles. The molecule has 1 aromatic rings. The fourth-order valence-electron chi connectivity index (χ4n) is 2.08. The molecule has 6 heteroatoms. The molecule has 0 aliphatic carbocycles. The van der Waals surface area contributed by atoms with Crippen LogP contribution in [0.1, 0.15) is 25.3 Å². The van der Waals surface area contributed by atoms with E-state index in [-0.39, 0.29) is 0 Å². The van der Waals surface area contributed by atoms with Crippen molar-refractivity contribution < 1.29 is 4.74 Å². The van der Waals surface area contributed by atoms with E-state index in [2.05, 4.69) is 15.3 Å². The number of hydrogen-bond acceptors (Lipinski definition) is 6. The van der Waals surface area contributed by atoms with Gasteiger partial charge in [0, 0.05) is 19.7 Å². The third-order valence-corrected chi connectivity index (χ3v) is 3.87. The highest BCUT2D eigenvalue weighted by Crippen LogP contribution is 2.32. The predicted molar refractivity (Wildman–Crippen MR) is 68.1 cm³/mol. The van der Waals surface area contributed by atoms with Gasteiger partial charge in [-0.25, -0.2) is 0 Å². The zero-order valence-electron chi connectivity index (χ0n) is 9.85. The van der Waals surface area contributed by atoms with Gasteiger partial charge in [-0.15, -0.1) is 0 Å². The maximum atomic E-state index is 9.04. The normalized spacial score (nSPS) is 17.1. The highest BCUT2D eigenvalue weighted by atomic mass is 32.1. The Bertz CT molecular complexity index is 418. The first-order chi connectivity index (χ1) is 8.26. The van der Waals surface area contributed by atoms with Gasteiger partial charge in [-0.3, -0.25) is 0 Å². The average molecular weight is 252 g/mol. The largest absolute Gasteiger partial charge is 0.382 e. The Labute approximate surface area is 105 Å². The third kappa shape index (κ3) is 2.51. The van der Waals surface area contributed by atoms with Crippen molar-refractivity contribution in [2.24, 2.45) is 0 Å². The molecule has 5 nitrogen and oxygen atoms in total. The van der Waals surface area contributed by atoms with Crippen molar-refractivity contribution in [3.8, 4) is 6.07 Å². The molecule has 0 aromatic carbocycles. The van der Waals surface area contributed by atoms with Crippen molar-refractivity contribution in [3.63, 3.8) is 0 Å². The third-order valence-electron chi connectivity index (χ3n) is 2.94. The Morgan fingerprint density at radius 2 is 2.29 bits per heavy atom. The lowest BCUT2D eigenvalue weighted by molar-refractivity contribution is 0.0460. The van der Waals surface area contributed by atoms with Gasteiger partial charge in [0.2, 0.25) is 0 Å². The van der Waals surface area contributed by atoms with E-state index in [1.165, 1.54) is 11.5 Å². The standard InChI is InChI=1S/C11H16N4OS/c1-2-16-8-3-5-15(6-4-8)11-9(7-12)10(13)14-17-11/h8H,2-6H2,1H3,(H2,13,14). The number of piperidine rings is 1. The molecule has 0 unspecified atom stereocenters. The minimum Gasteiger partial charge on any atom is -0.382 e. The van der Waals surface area contributed by atoms with Crippen LogP contribution >= 0.6 is 11.5 Å². The van der Waals surface area contributed by atoms with Crippen molar-refractivity contribution >= 4 is 22.4 Å². The van der Waals surface area contributed by atoms with Crippen LogP contribution < -0.4 is 10.6 Å². The van der Waals surface area contributed by atoms with Crippen molar-refractivity contribution in [3.05, 3.63) is 5.56 Å². The fraction of sp³-hybridized carbons (Fsp3) is 0.636. The Morgan fingerprint density at radius 3 is 2.88 bits per heavy atom. The molecule has 17 heavy (non-hydrogen) atoms. The number of anilines is 2. The van der Waals surface area contributed by atoms with E-state index >= 15 is 0 Å². The topological polar surface area (TPSA) is 75.2 Å². The zero-order chi connectivity index (χ0) is 12.3. The molecule has 1 aliphatic heterocycles. The molecule has 0 spiro atoms. The molecule has 0 saturated carbocycles. The highest BCUT2D eigenvalue weighted by molar-refractivity contribution is 7.10. The lowest BCUT2D eigenvalue weighted by Crippen LogP contribution is -2.37. The van der Waals surface area contributed by atoms with E-state index < -0.39 is 0 Å². The summed E-state index contributed by atoms with van der Waals surface area (Å²) >= 11 is 1.31. The molecule has 0 atom stereocenters. The van der Waals surface area contributed by atoms with Gasteiger partial charge in [-0.1, -0.05) is 0 Å². The van der Waals surface area contributed by atoms with Gasteiger partial charge in [-0.05, 0) is 31.3 Å². The number of nitrogens with two attached hydrogens (primary N) is 1. The molecular weight excluding hydrogens is 236 g/mol. The van der Waals surface area contributed by atoms with E-state index in [9.17, 15) is 0 Å². The second-order valence-electron chi connectivity index (χ2n) is 4.00. The van der Waals surface area contributed by atoms with Crippen LogP contribution in [-0.2, 0) is 4.74 Å². The molecule has 2 rings (SSSR count). The second kappa shape index (κ2) is 5.34. The zero-order valence-corrected chi connectivity index (χ0v) is 10.7. The smallest absolute Gasteiger partial charge is 0.157 e. The van der Waals surface area contributed by atoms with Crippen LogP contribution in [0.2, 0.25) is 0 Å². The number of ether oxygens (including phenoxy) is 1. The van der Waals surface area contributed by atoms with Crippen LogP contribution in [0, 0.1) is 11.3 Å². The van der Waals surface area contributed by atoms with Crippen molar-refractivity contribution in [1.29, 1.82) is 5.26 Å². The summed E-state index contributed by atoms with van der Waals surface area (Å²) < 4.78 is 9.64. The summed E-state index contributed by atoms with van der Waals surface area (Å²) in [4.78, 5) is 2.18. The summed E-state index contributed by atoms with van der Waals surface area (Å²) in [6, 6.07) is 2.13. The van der Waals surface area contributed by atoms with Crippen LogP contribution in [-0.4, -0.2) is 30.2 Å². The van der Waals surface area contributed by atoms with Gasteiger partial charge in [0.25, 0.3) is 0 Å². The van der Waals surface area contributed by atoms with E-state index in [0.29, 0.717) is 17.5 Å². The monoisotopic (exact) mass is 252 g/mol. The van der Waals surface area contributed by atoms with Crippen LogP contribution in [0.5, 0.6) is 0 Å². The fourth-order valence-corrected chi connectivity index (χ4v) is 2.89. The van der Waals surface area contributed by atoms with E-state index in [4.69, 9.17) is 15.7 Å². The summed E-state index contributed by atoms with van der Waals surface area (Å²) in [5.41, 5.74) is 6.18. The molecule has 0 bridgehead atoms. The van der Waals surface area contributed by atoms with Gasteiger partial charge in [-0.2, -0.15) is 9.64 Å². The van der Waals surface area contributed by atoms with Crippen LogP contribution in [0.15, 0.2) is 0 Å². The molecular formula is C11H16N4OS. The number of aromatic nitrogens is 1. The summed E-state index contributed by atoms with van der Waals surface area (Å²) in [7, 11) is 0. The Hall–Kier alpha value is -1.32. The lowest BCUT2D eigenvalue weighted by atomic mass is 10.1. The summed E-state index contributed by atoms with van der Waals surface area (Å²) in [6.07, 6.45) is 2.35. The highest BCUT2D eigenvalue weighted by Gasteiger charge is 2.23. The molecule has 92 valence electrons. The SMILES string of the molecule is CCOC1CCN(c2snc(N)c2C#N)CC1. The van der Waals surface area contributed by atoms with Crippen molar-refractivity contribution in [2.75, 3.05) is 30.3 Å². The van der Waals surface area contributed by atoms with Crippen LogP contribution in [0.25, 0.3) is 0 Å².